The number of carbonyl (C=O) groups excluding carboxylic acids is 3. The number of ether oxygens (including phenoxy) is 2. The van der Waals surface area contributed by atoms with Crippen molar-refractivity contribution in [3.8, 4) is 11.5 Å². The van der Waals surface area contributed by atoms with Crippen LogP contribution in [0.15, 0.2) is 120 Å². The minimum absolute atomic E-state index is 0.103. The second-order valence-corrected chi connectivity index (χ2v) is 13.1. The van der Waals surface area contributed by atoms with Crippen LogP contribution in [0.25, 0.3) is 21.5 Å². The monoisotopic (exact) mass is 701 g/mol. The molecule has 1 unspecified atom stereocenters. The van der Waals surface area contributed by atoms with E-state index in [0.717, 1.165) is 21.5 Å². The predicted molar refractivity (Wildman–Crippen MR) is 196 cm³/mol. The lowest BCUT2D eigenvalue weighted by atomic mass is 9.89. The number of Topliss-reactive ketones (excluding diaryl/α,β-unsaturated/α-hetero) is 1. The predicted octanol–water partition coefficient (Wildman–Crippen LogP) is 5.95. The third-order valence-electron chi connectivity index (χ3n) is 8.93. The Kier molecular flexibility index (Phi) is 10.8. The molecule has 3 N–H and O–H groups in total. The van der Waals surface area contributed by atoms with E-state index in [1.807, 2.05) is 86.6 Å². The highest BCUT2D eigenvalue weighted by atomic mass is 16.7. The highest BCUT2D eigenvalue weighted by Crippen LogP contribution is 2.30. The number of nitrogens with zero attached hydrogens (tertiary/aromatic N) is 1. The van der Waals surface area contributed by atoms with Gasteiger partial charge in [0.1, 0.15) is 30.8 Å². The van der Waals surface area contributed by atoms with Crippen LogP contribution in [0.2, 0.25) is 0 Å². The van der Waals surface area contributed by atoms with Crippen molar-refractivity contribution in [2.24, 2.45) is 11.1 Å². The van der Waals surface area contributed by atoms with Gasteiger partial charge in [-0.05, 0) is 63.9 Å². The maximum absolute atomic E-state index is 14.1. The fraction of sp³-hybridized carbons (Fsp3) is 0.244. The van der Waals surface area contributed by atoms with Crippen molar-refractivity contribution >= 4 is 50.8 Å². The number of benzene rings is 5. The second-order valence-electron chi connectivity index (χ2n) is 13.1. The molecule has 0 spiro atoms. The Morgan fingerprint density at radius 1 is 0.769 bits per heavy atom. The van der Waals surface area contributed by atoms with Gasteiger partial charge in [0.25, 0.3) is 17.4 Å². The molecule has 0 aliphatic carbocycles. The van der Waals surface area contributed by atoms with Crippen molar-refractivity contribution in [1.29, 1.82) is 0 Å². The van der Waals surface area contributed by atoms with E-state index in [4.69, 9.17) is 14.3 Å². The molecule has 1 aliphatic rings. The third kappa shape index (κ3) is 8.38. The van der Waals surface area contributed by atoms with E-state index in [2.05, 4.69) is 15.8 Å². The van der Waals surface area contributed by atoms with Gasteiger partial charge >= 0.3 is 5.97 Å². The van der Waals surface area contributed by atoms with E-state index >= 15 is 0 Å². The number of para-hydroxylation sites is 1. The number of hydrogen-bond donors (Lipinski definition) is 3. The van der Waals surface area contributed by atoms with Crippen LogP contribution >= 0.6 is 0 Å². The lowest BCUT2D eigenvalue weighted by Crippen LogP contribution is -2.57. The zero-order valence-corrected chi connectivity index (χ0v) is 28.8. The summed E-state index contributed by atoms with van der Waals surface area (Å²) < 4.78 is 11.7. The number of aliphatic carboxylic acids is 1. The summed E-state index contributed by atoms with van der Waals surface area (Å²) in [4.78, 5) is 58.8. The Morgan fingerprint density at radius 2 is 1.40 bits per heavy atom. The van der Waals surface area contributed by atoms with E-state index in [-0.39, 0.29) is 24.9 Å². The summed E-state index contributed by atoms with van der Waals surface area (Å²) in [5.41, 5.74) is -0.944. The van der Waals surface area contributed by atoms with Crippen molar-refractivity contribution in [3.05, 3.63) is 121 Å². The molecule has 3 atom stereocenters. The molecule has 1 aliphatic heterocycles. The first-order valence-electron chi connectivity index (χ1n) is 17.0. The van der Waals surface area contributed by atoms with Crippen LogP contribution in [0.3, 0.4) is 0 Å². The zero-order chi connectivity index (χ0) is 36.7. The van der Waals surface area contributed by atoms with Gasteiger partial charge in [-0.1, -0.05) is 97.9 Å². The normalized spacial score (nSPS) is 16.4. The van der Waals surface area contributed by atoms with Crippen LogP contribution in [0.1, 0.15) is 37.0 Å². The maximum atomic E-state index is 14.1. The molecule has 5 aromatic carbocycles. The molecule has 52 heavy (non-hydrogen) atoms. The van der Waals surface area contributed by atoms with Gasteiger partial charge in [-0.25, -0.2) is 0 Å². The first-order valence-corrected chi connectivity index (χ1v) is 17.0. The molecule has 0 saturated carbocycles. The number of carboxylic acids is 1. The van der Waals surface area contributed by atoms with E-state index in [0.29, 0.717) is 22.8 Å². The lowest BCUT2D eigenvalue weighted by molar-refractivity contribution is -0.151. The standard InChI is InChI=1S/C41H39N3O8/c1-26(2)38(43-39(48)31-17-16-27-10-6-8-12-29(27)20-31)35-23-41(52-44-35,25-51-32-14-4-3-5-15-32)40(49)42-34(22-37(46)47)36(45)24-50-33-19-18-28-11-7-9-13-30(28)21-33/h3-21,26,34,38H,22-25H2,1-2H3,(H,42,49)(H,43,48)(H,46,47)/t34-,38-,41?/m0/s1. The number of rotatable bonds is 15. The zero-order valence-electron chi connectivity index (χ0n) is 28.8. The molecule has 6 rings (SSSR count). The second kappa shape index (κ2) is 15.8. The van der Waals surface area contributed by atoms with Crippen molar-refractivity contribution in [2.75, 3.05) is 13.2 Å². The van der Waals surface area contributed by atoms with E-state index in [9.17, 15) is 24.3 Å². The van der Waals surface area contributed by atoms with E-state index < -0.39 is 48.4 Å². The first-order chi connectivity index (χ1) is 25.1. The van der Waals surface area contributed by atoms with Crippen molar-refractivity contribution in [2.45, 2.75) is 44.4 Å². The molecule has 0 saturated heterocycles. The van der Waals surface area contributed by atoms with Gasteiger partial charge in [0.2, 0.25) is 0 Å². The average Bonchev–Trinajstić information content (AvgIpc) is 3.60. The Balaban J connectivity index is 1.19. The quantitative estimate of drug-likeness (QED) is 0.121. The Morgan fingerprint density at radius 3 is 2.08 bits per heavy atom. The smallest absolute Gasteiger partial charge is 0.305 e. The van der Waals surface area contributed by atoms with Gasteiger partial charge in [-0.3, -0.25) is 19.2 Å². The fourth-order valence-electron chi connectivity index (χ4n) is 6.06. The van der Waals surface area contributed by atoms with Crippen LogP contribution in [0.5, 0.6) is 11.5 Å². The number of oxime groups is 1. The van der Waals surface area contributed by atoms with Gasteiger partial charge in [0.05, 0.1) is 18.2 Å². The van der Waals surface area contributed by atoms with Crippen molar-refractivity contribution in [3.63, 3.8) is 0 Å². The molecule has 2 amide bonds. The summed E-state index contributed by atoms with van der Waals surface area (Å²) in [6, 6.07) is 32.9. The minimum atomic E-state index is -1.79. The summed E-state index contributed by atoms with van der Waals surface area (Å²) in [5, 5.41) is 23.4. The topological polar surface area (TPSA) is 153 Å². The van der Waals surface area contributed by atoms with Gasteiger partial charge in [-0.2, -0.15) is 0 Å². The summed E-state index contributed by atoms with van der Waals surface area (Å²) in [6.45, 7) is 3.01. The molecule has 0 bridgehead atoms. The fourth-order valence-corrected chi connectivity index (χ4v) is 6.06. The van der Waals surface area contributed by atoms with Crippen LogP contribution in [0.4, 0.5) is 0 Å². The molecule has 0 aromatic heterocycles. The number of amides is 2. The Hall–Kier alpha value is -6.23. The minimum Gasteiger partial charge on any atom is -0.489 e. The molecule has 266 valence electrons. The number of carbonyl (C=O) groups is 4. The van der Waals surface area contributed by atoms with Gasteiger partial charge in [-0.15, -0.1) is 0 Å². The number of carboxylic acid groups (broad SMARTS) is 1. The van der Waals surface area contributed by atoms with Crippen LogP contribution < -0.4 is 20.1 Å². The largest absolute Gasteiger partial charge is 0.489 e. The number of nitrogens with one attached hydrogen (secondary N) is 2. The molecule has 0 fully saturated rings. The Labute approximate surface area is 300 Å². The molecule has 1 heterocycles. The third-order valence-corrected chi connectivity index (χ3v) is 8.93. The summed E-state index contributed by atoms with van der Waals surface area (Å²) in [5.74, 6) is -2.34. The highest BCUT2D eigenvalue weighted by Gasteiger charge is 2.50. The van der Waals surface area contributed by atoms with Crippen molar-refractivity contribution in [1.82, 2.24) is 10.6 Å². The Bertz CT molecular complexity index is 2130. The number of fused-ring (bicyclic) bond motifs is 2. The summed E-state index contributed by atoms with van der Waals surface area (Å²) >= 11 is 0. The van der Waals surface area contributed by atoms with E-state index in [1.54, 1.807) is 42.5 Å². The highest BCUT2D eigenvalue weighted by molar-refractivity contribution is 6.04. The van der Waals surface area contributed by atoms with Gasteiger partial charge in [0.15, 0.2) is 5.78 Å². The molecular weight excluding hydrogens is 662 g/mol. The average molecular weight is 702 g/mol. The first kappa shape index (κ1) is 35.6. The summed E-state index contributed by atoms with van der Waals surface area (Å²) in [6.07, 6.45) is -0.792. The van der Waals surface area contributed by atoms with Gasteiger partial charge < -0.3 is 30.1 Å². The van der Waals surface area contributed by atoms with Crippen molar-refractivity contribution < 1.29 is 38.6 Å². The van der Waals surface area contributed by atoms with Crippen LogP contribution in [-0.4, -0.2) is 65.3 Å². The SMILES string of the molecule is CC(C)[C@H](NC(=O)c1ccc2ccccc2c1)C1=NOC(COc2ccccc2)(C(=O)N[C@@H](CC(=O)O)C(=O)COc2ccc3ccccc3c2)C1. The molecular formula is C41H39N3O8. The molecule has 5 aromatic rings. The van der Waals surface area contributed by atoms with Crippen LogP contribution in [0, 0.1) is 5.92 Å². The maximum Gasteiger partial charge on any atom is 0.305 e. The van der Waals surface area contributed by atoms with Gasteiger partial charge in [0, 0.05) is 12.0 Å². The molecule has 11 heteroatoms. The number of hydrogen-bond acceptors (Lipinski definition) is 8. The van der Waals surface area contributed by atoms with Crippen LogP contribution in [-0.2, 0) is 19.2 Å². The molecule has 0 radical (unpaired) electrons. The molecule has 11 nitrogen and oxygen atoms in total. The summed E-state index contributed by atoms with van der Waals surface area (Å²) in [7, 11) is 0. The lowest BCUT2D eigenvalue weighted by Gasteiger charge is -2.28. The number of ketones is 1. The van der Waals surface area contributed by atoms with E-state index in [1.165, 1.54) is 0 Å².